The Balaban J connectivity index is 1.52. The van der Waals surface area contributed by atoms with E-state index in [1.807, 2.05) is 6.92 Å². The zero-order chi connectivity index (χ0) is 22.0. The minimum Gasteiger partial charge on any atom is -0.495 e. The van der Waals surface area contributed by atoms with Crippen molar-refractivity contribution in [2.24, 2.45) is 17.8 Å². The van der Waals surface area contributed by atoms with Crippen LogP contribution < -0.4 is 19.5 Å². The molecule has 2 aliphatic carbocycles. The van der Waals surface area contributed by atoms with Gasteiger partial charge in [0.25, 0.3) is 10.0 Å². The summed E-state index contributed by atoms with van der Waals surface area (Å²) < 4.78 is 39.3. The molecule has 2 fully saturated rings. The fourth-order valence-electron chi connectivity index (χ4n) is 4.76. The van der Waals surface area contributed by atoms with Gasteiger partial charge in [0.2, 0.25) is 5.91 Å². The number of hydrogen-bond donors (Lipinski definition) is 2. The summed E-state index contributed by atoms with van der Waals surface area (Å²) in [7, 11) is -2.52. The summed E-state index contributed by atoms with van der Waals surface area (Å²) in [5, 5.41) is 2.91. The van der Waals surface area contributed by atoms with Crippen molar-refractivity contribution in [2.45, 2.75) is 37.5 Å². The van der Waals surface area contributed by atoms with E-state index in [-0.39, 0.29) is 22.5 Å². The summed E-state index contributed by atoms with van der Waals surface area (Å²) in [6, 6.07) is 11.3. The molecule has 2 aliphatic rings. The van der Waals surface area contributed by atoms with E-state index < -0.39 is 10.0 Å². The highest BCUT2D eigenvalue weighted by atomic mass is 32.2. The Morgan fingerprint density at radius 3 is 2.42 bits per heavy atom. The number of anilines is 2. The summed E-state index contributed by atoms with van der Waals surface area (Å²) in [5.74, 6) is 1.96. The molecule has 2 N–H and O–H groups in total. The lowest BCUT2D eigenvalue weighted by Gasteiger charge is -2.21. The summed E-state index contributed by atoms with van der Waals surface area (Å²) in [6.45, 7) is 2.41. The molecule has 2 saturated carbocycles. The van der Waals surface area contributed by atoms with Crippen molar-refractivity contribution in [1.29, 1.82) is 0 Å². The third kappa shape index (κ3) is 4.63. The van der Waals surface area contributed by atoms with Gasteiger partial charge in [-0.15, -0.1) is 0 Å². The van der Waals surface area contributed by atoms with Gasteiger partial charge < -0.3 is 14.8 Å². The maximum Gasteiger partial charge on any atom is 0.265 e. The van der Waals surface area contributed by atoms with Crippen LogP contribution in [0.25, 0.3) is 0 Å². The minimum atomic E-state index is -3.93. The molecule has 0 heterocycles. The van der Waals surface area contributed by atoms with Crippen molar-refractivity contribution in [3.05, 3.63) is 42.5 Å². The lowest BCUT2D eigenvalue weighted by Crippen LogP contribution is -2.27. The molecule has 7 nitrogen and oxygen atoms in total. The van der Waals surface area contributed by atoms with Gasteiger partial charge in [-0.3, -0.25) is 9.52 Å². The summed E-state index contributed by atoms with van der Waals surface area (Å²) >= 11 is 0. The minimum absolute atomic E-state index is 0.0166. The Bertz CT molecular complexity index is 1050. The van der Waals surface area contributed by atoms with Crippen LogP contribution in [0, 0.1) is 17.8 Å². The van der Waals surface area contributed by atoms with Crippen LogP contribution in [0.5, 0.6) is 11.5 Å². The molecule has 0 saturated heterocycles. The van der Waals surface area contributed by atoms with Crippen molar-refractivity contribution in [2.75, 3.05) is 23.8 Å². The van der Waals surface area contributed by atoms with Gasteiger partial charge in [-0.25, -0.2) is 8.42 Å². The monoisotopic (exact) mass is 444 g/mol. The van der Waals surface area contributed by atoms with Crippen molar-refractivity contribution in [3.63, 3.8) is 0 Å². The number of methoxy groups -OCH3 is 1. The first-order valence-corrected chi connectivity index (χ1v) is 12.1. The van der Waals surface area contributed by atoms with Crippen LogP contribution >= 0.6 is 0 Å². The summed E-state index contributed by atoms with van der Waals surface area (Å²) in [5.41, 5.74) is 0.850. The first-order valence-electron chi connectivity index (χ1n) is 10.6. The van der Waals surface area contributed by atoms with Crippen molar-refractivity contribution >= 4 is 27.3 Å². The van der Waals surface area contributed by atoms with E-state index in [4.69, 9.17) is 9.47 Å². The Labute approximate surface area is 183 Å². The van der Waals surface area contributed by atoms with E-state index in [1.54, 1.807) is 36.4 Å². The Morgan fingerprint density at radius 2 is 1.81 bits per heavy atom. The zero-order valence-electron chi connectivity index (χ0n) is 17.8. The number of amides is 1. The Hall–Kier alpha value is -2.74. The molecule has 3 atom stereocenters. The fraction of sp³-hybridized carbons (Fsp3) is 0.435. The maximum atomic E-state index is 13.1. The average Bonchev–Trinajstić information content (AvgIpc) is 3.39. The molecule has 2 aromatic rings. The predicted molar refractivity (Wildman–Crippen MR) is 119 cm³/mol. The van der Waals surface area contributed by atoms with Crippen LogP contribution in [0.3, 0.4) is 0 Å². The average molecular weight is 445 g/mol. The molecule has 2 bridgehead atoms. The van der Waals surface area contributed by atoms with Gasteiger partial charge in [-0.2, -0.15) is 0 Å². The van der Waals surface area contributed by atoms with Gasteiger partial charge >= 0.3 is 0 Å². The SMILES string of the molecule is CCOc1ccc(NS(=O)(=O)c2cc(NC(=O)C3CC4CCC3C4)ccc2OC)cc1. The molecule has 3 unspecified atom stereocenters. The zero-order valence-corrected chi connectivity index (χ0v) is 18.6. The topological polar surface area (TPSA) is 93.7 Å². The Morgan fingerprint density at radius 1 is 1.06 bits per heavy atom. The van der Waals surface area contributed by atoms with Crippen LogP contribution in [0.4, 0.5) is 11.4 Å². The second kappa shape index (κ2) is 8.78. The largest absolute Gasteiger partial charge is 0.495 e. The number of carbonyl (C=O) groups excluding carboxylic acids is 1. The molecule has 0 radical (unpaired) electrons. The van der Waals surface area contributed by atoms with Gasteiger partial charge in [0.05, 0.1) is 13.7 Å². The highest BCUT2D eigenvalue weighted by Gasteiger charge is 2.43. The highest BCUT2D eigenvalue weighted by molar-refractivity contribution is 7.92. The summed E-state index contributed by atoms with van der Waals surface area (Å²) in [6.07, 6.45) is 4.39. The van der Waals surface area contributed by atoms with E-state index >= 15 is 0 Å². The molecule has 0 spiro atoms. The molecule has 8 heteroatoms. The molecular weight excluding hydrogens is 416 g/mol. The number of sulfonamides is 1. The fourth-order valence-corrected chi connectivity index (χ4v) is 6.02. The number of fused-ring (bicyclic) bond motifs is 2. The second-order valence-electron chi connectivity index (χ2n) is 8.20. The quantitative estimate of drug-likeness (QED) is 0.634. The maximum absolute atomic E-state index is 13.1. The third-order valence-corrected chi connectivity index (χ3v) is 7.62. The predicted octanol–water partition coefficient (Wildman–Crippen LogP) is 4.27. The highest BCUT2D eigenvalue weighted by Crippen LogP contribution is 2.48. The summed E-state index contributed by atoms with van der Waals surface area (Å²) in [4.78, 5) is 12.7. The smallest absolute Gasteiger partial charge is 0.265 e. The van der Waals surface area contributed by atoms with E-state index in [0.717, 1.165) is 19.3 Å². The van der Waals surface area contributed by atoms with Crippen molar-refractivity contribution in [1.82, 2.24) is 0 Å². The van der Waals surface area contributed by atoms with Gasteiger partial charge in [-0.1, -0.05) is 6.42 Å². The number of nitrogens with one attached hydrogen (secondary N) is 2. The molecular formula is C23H28N2O5S. The first kappa shape index (κ1) is 21.5. The first-order chi connectivity index (χ1) is 14.9. The van der Waals surface area contributed by atoms with Gasteiger partial charge in [-0.05, 0) is 80.5 Å². The van der Waals surface area contributed by atoms with Gasteiger partial charge in [0, 0.05) is 17.3 Å². The normalized spacial score (nSPS) is 22.2. The Kier molecular flexibility index (Phi) is 6.09. The van der Waals surface area contributed by atoms with E-state index in [2.05, 4.69) is 10.0 Å². The molecule has 31 heavy (non-hydrogen) atoms. The molecule has 166 valence electrons. The molecule has 0 aromatic heterocycles. The standard InChI is InChI=1S/C23H28N2O5S/c1-3-30-19-9-6-17(7-10-19)25-31(27,28)22-14-18(8-11-21(22)29-2)24-23(26)20-13-15-4-5-16(20)12-15/h6-11,14-16,20,25H,3-5,12-13H2,1-2H3,(H,24,26). The van der Waals surface area contributed by atoms with E-state index in [1.165, 1.54) is 19.6 Å². The van der Waals surface area contributed by atoms with Crippen LogP contribution in [-0.2, 0) is 14.8 Å². The number of carbonyl (C=O) groups is 1. The van der Waals surface area contributed by atoms with Crippen LogP contribution in [-0.4, -0.2) is 28.0 Å². The van der Waals surface area contributed by atoms with Crippen molar-refractivity contribution < 1.29 is 22.7 Å². The number of rotatable bonds is 8. The third-order valence-electron chi connectivity index (χ3n) is 6.21. The molecule has 4 rings (SSSR count). The number of hydrogen-bond acceptors (Lipinski definition) is 5. The van der Waals surface area contributed by atoms with E-state index in [0.29, 0.717) is 35.6 Å². The van der Waals surface area contributed by atoms with E-state index in [9.17, 15) is 13.2 Å². The van der Waals surface area contributed by atoms with Crippen LogP contribution in [0.1, 0.15) is 32.6 Å². The second-order valence-corrected chi connectivity index (χ2v) is 9.85. The van der Waals surface area contributed by atoms with Gasteiger partial charge in [0.15, 0.2) is 0 Å². The molecule has 0 aliphatic heterocycles. The number of ether oxygens (including phenoxy) is 2. The van der Waals surface area contributed by atoms with Gasteiger partial charge in [0.1, 0.15) is 16.4 Å². The lowest BCUT2D eigenvalue weighted by atomic mass is 9.88. The lowest BCUT2D eigenvalue weighted by molar-refractivity contribution is -0.121. The number of benzene rings is 2. The van der Waals surface area contributed by atoms with Crippen LogP contribution in [0.15, 0.2) is 47.4 Å². The van der Waals surface area contributed by atoms with Crippen LogP contribution in [0.2, 0.25) is 0 Å². The molecule has 1 amide bonds. The van der Waals surface area contributed by atoms with Crippen molar-refractivity contribution in [3.8, 4) is 11.5 Å². The molecule has 2 aromatic carbocycles.